The molecule has 0 fully saturated rings. The third-order valence-electron chi connectivity index (χ3n) is 0.702. The van der Waals surface area contributed by atoms with Crippen LogP contribution in [0.25, 0.3) is 0 Å². The number of nitrogens with one attached hydrogen (secondary N) is 1. The molecular weight excluding hydrogens is 90.1 g/mol. The van der Waals surface area contributed by atoms with Crippen LogP contribution in [0.5, 0.6) is 0 Å². The van der Waals surface area contributed by atoms with E-state index in [1.54, 1.807) is 0 Å². The summed E-state index contributed by atoms with van der Waals surface area (Å²) in [5, 5.41) is 2.95. The Labute approximate surface area is 44.1 Å². The Morgan fingerprint density at radius 3 is 2.43 bits per heavy atom. The molecule has 0 spiro atoms. The smallest absolute Gasteiger partial charge is 0.0428 e. The van der Waals surface area contributed by atoms with E-state index in [4.69, 9.17) is 11.5 Å². The summed E-state index contributed by atoms with van der Waals surface area (Å²) in [6.45, 7) is 2.24. The summed E-state index contributed by atoms with van der Waals surface area (Å²) in [7, 11) is 0. The largest absolute Gasteiger partial charge is 0.330 e. The third kappa shape index (κ3) is 5.88. The van der Waals surface area contributed by atoms with Gasteiger partial charge in [-0.25, -0.2) is 0 Å². The molecule has 3 heteroatoms. The van der Waals surface area contributed by atoms with Crippen LogP contribution >= 0.6 is 0 Å². The predicted octanol–water partition coefficient (Wildman–Crippen LogP) is -1.16. The second-order valence-electron chi connectivity index (χ2n) is 1.35. The normalized spacial score (nSPS) is 9.43. The molecule has 0 radical (unpaired) electrons. The van der Waals surface area contributed by atoms with Crippen molar-refractivity contribution in [1.29, 1.82) is 0 Å². The van der Waals surface area contributed by atoms with Crippen molar-refractivity contribution < 1.29 is 0 Å². The summed E-state index contributed by atoms with van der Waals surface area (Å²) in [5.74, 6) is 0. The third-order valence-corrected chi connectivity index (χ3v) is 0.702. The van der Waals surface area contributed by atoms with Crippen LogP contribution < -0.4 is 16.8 Å². The van der Waals surface area contributed by atoms with E-state index in [2.05, 4.69) is 5.32 Å². The second kappa shape index (κ2) is 5.88. The van der Waals surface area contributed by atoms with Gasteiger partial charge < -0.3 is 16.8 Å². The van der Waals surface area contributed by atoms with Gasteiger partial charge in [-0.1, -0.05) is 0 Å². The quantitative estimate of drug-likeness (QED) is 0.311. The van der Waals surface area contributed by atoms with Gasteiger partial charge >= 0.3 is 0 Å². The van der Waals surface area contributed by atoms with Gasteiger partial charge in [-0.3, -0.25) is 0 Å². The summed E-state index contributed by atoms with van der Waals surface area (Å²) < 4.78 is 0. The minimum atomic E-state index is 0.556. The van der Waals surface area contributed by atoms with E-state index in [9.17, 15) is 0 Å². The van der Waals surface area contributed by atoms with Crippen molar-refractivity contribution in [2.45, 2.75) is 6.42 Å². The number of nitrogens with two attached hydrogens (primary N) is 2. The first-order chi connectivity index (χ1) is 3.41. The van der Waals surface area contributed by atoms with Crippen molar-refractivity contribution in [3.05, 3.63) is 0 Å². The highest BCUT2D eigenvalue weighted by molar-refractivity contribution is 4.41. The van der Waals surface area contributed by atoms with E-state index in [1.165, 1.54) is 0 Å². The van der Waals surface area contributed by atoms with Crippen molar-refractivity contribution in [2.24, 2.45) is 11.5 Å². The summed E-state index contributed by atoms with van der Waals surface area (Å²) in [4.78, 5) is 0. The Balaban J connectivity index is 2.45. The lowest BCUT2D eigenvalue weighted by Gasteiger charge is -1.95. The zero-order valence-electron chi connectivity index (χ0n) is 4.48. The van der Waals surface area contributed by atoms with Crippen LogP contribution in [0.1, 0.15) is 6.42 Å². The molecule has 0 unspecified atom stereocenters. The minimum absolute atomic E-state index is 0.556. The summed E-state index contributed by atoms with van der Waals surface area (Å²) in [6.07, 6.45) is 1.01. The van der Waals surface area contributed by atoms with Crippen molar-refractivity contribution in [3.63, 3.8) is 0 Å². The topological polar surface area (TPSA) is 64.1 Å². The van der Waals surface area contributed by atoms with E-state index >= 15 is 0 Å². The van der Waals surface area contributed by atoms with E-state index in [0.29, 0.717) is 6.67 Å². The molecule has 0 rings (SSSR count). The maximum atomic E-state index is 5.19. The SMILES string of the molecule is NCCCNCN. The van der Waals surface area contributed by atoms with Crippen molar-refractivity contribution in [3.8, 4) is 0 Å². The Morgan fingerprint density at radius 1 is 1.29 bits per heavy atom. The van der Waals surface area contributed by atoms with Crippen LogP contribution in [0.4, 0.5) is 0 Å². The van der Waals surface area contributed by atoms with E-state index in [-0.39, 0.29) is 0 Å². The molecule has 3 nitrogen and oxygen atoms in total. The van der Waals surface area contributed by atoms with Crippen LogP contribution in [-0.4, -0.2) is 19.8 Å². The zero-order valence-corrected chi connectivity index (χ0v) is 4.48. The Bertz CT molecular complexity index is 26.1. The Kier molecular flexibility index (Phi) is 5.78. The lowest BCUT2D eigenvalue weighted by Crippen LogP contribution is -2.24. The molecule has 0 aliphatic rings. The van der Waals surface area contributed by atoms with Gasteiger partial charge in [0.05, 0.1) is 0 Å². The fourth-order valence-corrected chi connectivity index (χ4v) is 0.329. The van der Waals surface area contributed by atoms with Crippen molar-refractivity contribution in [1.82, 2.24) is 5.32 Å². The van der Waals surface area contributed by atoms with Gasteiger partial charge in [0.15, 0.2) is 0 Å². The molecule has 0 amide bonds. The van der Waals surface area contributed by atoms with Gasteiger partial charge in [0, 0.05) is 6.67 Å². The second-order valence-corrected chi connectivity index (χ2v) is 1.35. The Hall–Kier alpha value is -0.120. The molecular formula is C4H13N3. The molecule has 0 saturated heterocycles. The highest BCUT2D eigenvalue weighted by Crippen LogP contribution is 1.64. The fourth-order valence-electron chi connectivity index (χ4n) is 0.329. The van der Waals surface area contributed by atoms with Crippen LogP contribution in [0.3, 0.4) is 0 Å². The number of hydrogen-bond donors (Lipinski definition) is 3. The lowest BCUT2D eigenvalue weighted by molar-refractivity contribution is 0.668. The molecule has 0 saturated carbocycles. The van der Waals surface area contributed by atoms with Gasteiger partial charge in [-0.2, -0.15) is 0 Å². The molecule has 0 aromatic heterocycles. The van der Waals surface area contributed by atoms with Gasteiger partial charge in [-0.15, -0.1) is 0 Å². The van der Waals surface area contributed by atoms with Crippen LogP contribution in [0.2, 0.25) is 0 Å². The number of rotatable bonds is 4. The van der Waals surface area contributed by atoms with Gasteiger partial charge in [-0.05, 0) is 19.5 Å². The summed E-state index contributed by atoms with van der Waals surface area (Å²) in [5.41, 5.74) is 10.3. The van der Waals surface area contributed by atoms with E-state index < -0.39 is 0 Å². The fraction of sp³-hybridized carbons (Fsp3) is 1.00. The lowest BCUT2D eigenvalue weighted by atomic mass is 10.4. The molecule has 0 aliphatic carbocycles. The first-order valence-corrected chi connectivity index (χ1v) is 2.52. The standard InChI is InChI=1S/C4H13N3/c5-2-1-3-7-4-6/h7H,1-6H2. The maximum absolute atomic E-state index is 5.19. The average molecular weight is 103 g/mol. The monoisotopic (exact) mass is 103 g/mol. The molecule has 5 N–H and O–H groups in total. The van der Waals surface area contributed by atoms with Crippen LogP contribution in [0, 0.1) is 0 Å². The highest BCUT2D eigenvalue weighted by Gasteiger charge is 1.77. The minimum Gasteiger partial charge on any atom is -0.330 e. The van der Waals surface area contributed by atoms with Crippen LogP contribution in [-0.2, 0) is 0 Å². The molecule has 0 aromatic rings. The van der Waals surface area contributed by atoms with E-state index in [1.807, 2.05) is 0 Å². The van der Waals surface area contributed by atoms with Gasteiger partial charge in [0.25, 0.3) is 0 Å². The molecule has 0 aliphatic heterocycles. The number of hydrogen-bond acceptors (Lipinski definition) is 3. The van der Waals surface area contributed by atoms with Gasteiger partial charge in [0.1, 0.15) is 0 Å². The summed E-state index contributed by atoms with van der Waals surface area (Å²) in [6, 6.07) is 0. The molecule has 44 valence electrons. The molecule has 0 bridgehead atoms. The Morgan fingerprint density at radius 2 is 2.00 bits per heavy atom. The molecule has 0 heterocycles. The summed E-state index contributed by atoms with van der Waals surface area (Å²) >= 11 is 0. The molecule has 0 aromatic carbocycles. The predicted molar refractivity (Wildman–Crippen MR) is 30.7 cm³/mol. The zero-order chi connectivity index (χ0) is 5.54. The highest BCUT2D eigenvalue weighted by atomic mass is 14.9. The van der Waals surface area contributed by atoms with Crippen LogP contribution in [0.15, 0.2) is 0 Å². The maximum Gasteiger partial charge on any atom is 0.0428 e. The molecule has 7 heavy (non-hydrogen) atoms. The van der Waals surface area contributed by atoms with Crippen molar-refractivity contribution in [2.75, 3.05) is 19.8 Å². The van der Waals surface area contributed by atoms with Gasteiger partial charge in [0.2, 0.25) is 0 Å². The first-order valence-electron chi connectivity index (χ1n) is 2.52. The van der Waals surface area contributed by atoms with Crippen molar-refractivity contribution >= 4 is 0 Å². The molecule has 0 atom stereocenters. The average Bonchev–Trinajstić information content (AvgIpc) is 1.69. The van der Waals surface area contributed by atoms with E-state index in [0.717, 1.165) is 19.5 Å². The first kappa shape index (κ1) is 6.88.